The SMILES string of the molecule is CCOc1ccc2nc(N3C(=O)c4oc5ccc(F)cc5c(=O)c4C34C(=O)N(Cc3ccc(F)cc3)c3ccccc34)sc2c1. The first-order valence-electron chi connectivity index (χ1n) is 14.1. The first-order chi connectivity index (χ1) is 21.8. The van der Waals surface area contributed by atoms with Gasteiger partial charge in [0.1, 0.15) is 23.0 Å². The molecular formula is C34H21F2N3O5S. The van der Waals surface area contributed by atoms with E-state index in [2.05, 4.69) is 0 Å². The number of benzene rings is 4. The van der Waals surface area contributed by atoms with Gasteiger partial charge in [0, 0.05) is 5.56 Å². The third-order valence-corrected chi connectivity index (χ3v) is 9.19. The summed E-state index contributed by atoms with van der Waals surface area (Å²) in [6.45, 7) is 2.35. The monoisotopic (exact) mass is 621 g/mol. The van der Waals surface area contributed by atoms with Crippen LogP contribution in [0.3, 0.4) is 0 Å². The van der Waals surface area contributed by atoms with Gasteiger partial charge >= 0.3 is 0 Å². The van der Waals surface area contributed by atoms with Crippen LogP contribution in [0.5, 0.6) is 5.75 Å². The topological polar surface area (TPSA) is 93.0 Å². The molecule has 1 unspecified atom stereocenters. The van der Waals surface area contributed by atoms with Gasteiger partial charge in [0.05, 0.1) is 40.0 Å². The summed E-state index contributed by atoms with van der Waals surface area (Å²) < 4.78 is 40.6. The van der Waals surface area contributed by atoms with Crippen molar-refractivity contribution in [3.8, 4) is 5.75 Å². The van der Waals surface area contributed by atoms with Gasteiger partial charge in [-0.3, -0.25) is 19.3 Å². The Morgan fingerprint density at radius 3 is 2.51 bits per heavy atom. The molecule has 2 aromatic heterocycles. The zero-order valence-corrected chi connectivity index (χ0v) is 24.4. The zero-order chi connectivity index (χ0) is 31.0. The molecule has 8 rings (SSSR count). The molecule has 0 fully saturated rings. The van der Waals surface area contributed by atoms with Gasteiger partial charge in [-0.05, 0) is 67.1 Å². The Hall–Kier alpha value is -5.42. The van der Waals surface area contributed by atoms with Gasteiger partial charge in [-0.25, -0.2) is 13.8 Å². The van der Waals surface area contributed by atoms with Crippen molar-refractivity contribution in [3.63, 3.8) is 0 Å². The average molecular weight is 622 g/mol. The van der Waals surface area contributed by atoms with E-state index in [-0.39, 0.29) is 34.0 Å². The Bertz CT molecular complexity index is 2280. The quantitative estimate of drug-likeness (QED) is 0.217. The second-order valence-corrected chi connectivity index (χ2v) is 11.7. The number of ether oxygens (including phenoxy) is 1. The predicted molar refractivity (Wildman–Crippen MR) is 165 cm³/mol. The van der Waals surface area contributed by atoms with Gasteiger partial charge in [-0.1, -0.05) is 41.7 Å². The summed E-state index contributed by atoms with van der Waals surface area (Å²) in [6, 6.07) is 21.4. The van der Waals surface area contributed by atoms with Crippen LogP contribution in [0, 0.1) is 11.6 Å². The van der Waals surface area contributed by atoms with Crippen LogP contribution >= 0.6 is 11.3 Å². The summed E-state index contributed by atoms with van der Waals surface area (Å²) in [7, 11) is 0. The largest absolute Gasteiger partial charge is 0.494 e. The Morgan fingerprint density at radius 2 is 1.71 bits per heavy atom. The molecule has 0 radical (unpaired) electrons. The van der Waals surface area contributed by atoms with Crippen LogP contribution in [0.2, 0.25) is 0 Å². The van der Waals surface area contributed by atoms with Crippen molar-refractivity contribution in [1.29, 1.82) is 0 Å². The number of carbonyl (C=O) groups excluding carboxylic acids is 2. The lowest BCUT2D eigenvalue weighted by atomic mass is 9.84. The van der Waals surface area contributed by atoms with Crippen molar-refractivity contribution in [2.45, 2.75) is 19.0 Å². The second-order valence-electron chi connectivity index (χ2n) is 10.7. The number of halogens is 2. The molecule has 1 atom stereocenters. The van der Waals surface area contributed by atoms with Crippen LogP contribution in [0.25, 0.3) is 21.2 Å². The van der Waals surface area contributed by atoms with Crippen molar-refractivity contribution < 1.29 is 27.5 Å². The van der Waals surface area contributed by atoms with Crippen LogP contribution in [0.1, 0.15) is 34.2 Å². The summed E-state index contributed by atoms with van der Waals surface area (Å²) >= 11 is 1.16. The fraction of sp³-hybridized carbons (Fsp3) is 0.118. The molecule has 11 heteroatoms. The minimum atomic E-state index is -2.01. The lowest BCUT2D eigenvalue weighted by Crippen LogP contribution is -2.53. The number of amides is 2. The Balaban J connectivity index is 1.42. The summed E-state index contributed by atoms with van der Waals surface area (Å²) in [5.41, 5.74) is -0.905. The van der Waals surface area contributed by atoms with Gasteiger partial charge < -0.3 is 14.1 Å². The highest BCUT2D eigenvalue weighted by molar-refractivity contribution is 7.22. The maximum absolute atomic E-state index is 15.0. The van der Waals surface area contributed by atoms with E-state index in [9.17, 15) is 18.4 Å². The van der Waals surface area contributed by atoms with Gasteiger partial charge in [0.25, 0.3) is 11.8 Å². The van der Waals surface area contributed by atoms with Crippen molar-refractivity contribution in [3.05, 3.63) is 129 Å². The second kappa shape index (κ2) is 9.80. The summed E-state index contributed by atoms with van der Waals surface area (Å²) in [5.74, 6) is -2.13. The van der Waals surface area contributed by atoms with Gasteiger partial charge in [0.2, 0.25) is 5.76 Å². The highest BCUT2D eigenvalue weighted by atomic mass is 32.1. The number of hydrogen-bond acceptors (Lipinski definition) is 7. The predicted octanol–water partition coefficient (Wildman–Crippen LogP) is 6.53. The van der Waals surface area contributed by atoms with Crippen LogP contribution in [-0.4, -0.2) is 23.4 Å². The molecule has 0 bridgehead atoms. The molecular weight excluding hydrogens is 600 g/mol. The first kappa shape index (κ1) is 27.2. The lowest BCUT2D eigenvalue weighted by molar-refractivity contribution is -0.121. The maximum atomic E-state index is 15.0. The van der Waals surface area contributed by atoms with Gasteiger partial charge in [-0.2, -0.15) is 0 Å². The summed E-state index contributed by atoms with van der Waals surface area (Å²) in [5, 5.41) is 0.0622. The number of fused-ring (bicyclic) bond motifs is 6. The number of aromatic nitrogens is 1. The summed E-state index contributed by atoms with van der Waals surface area (Å²) in [4.78, 5) is 51.3. The smallest absolute Gasteiger partial charge is 0.297 e. The van der Waals surface area contributed by atoms with Gasteiger partial charge in [-0.15, -0.1) is 0 Å². The molecule has 0 saturated carbocycles. The molecule has 2 aliphatic heterocycles. The normalized spacial score (nSPS) is 17.1. The molecule has 4 heterocycles. The molecule has 45 heavy (non-hydrogen) atoms. The van der Waals surface area contributed by atoms with E-state index >= 15 is 4.79 Å². The summed E-state index contributed by atoms with van der Waals surface area (Å²) in [6.07, 6.45) is 0. The number of hydrogen-bond donors (Lipinski definition) is 0. The molecule has 0 N–H and O–H groups in total. The van der Waals surface area contributed by atoms with Crippen LogP contribution < -0.4 is 20.0 Å². The molecule has 4 aromatic carbocycles. The van der Waals surface area contributed by atoms with Crippen molar-refractivity contribution in [1.82, 2.24) is 4.98 Å². The minimum Gasteiger partial charge on any atom is -0.494 e. The molecule has 2 aliphatic rings. The number of para-hydroxylation sites is 1. The van der Waals surface area contributed by atoms with Crippen LogP contribution in [0.15, 0.2) is 94.1 Å². The molecule has 0 aliphatic carbocycles. The lowest BCUT2D eigenvalue weighted by Gasteiger charge is -2.32. The molecule has 2 amide bonds. The molecule has 222 valence electrons. The van der Waals surface area contributed by atoms with E-state index < -0.39 is 34.4 Å². The van der Waals surface area contributed by atoms with Crippen molar-refractivity contribution in [2.24, 2.45) is 0 Å². The fourth-order valence-electron chi connectivity index (χ4n) is 6.31. The van der Waals surface area contributed by atoms with E-state index in [1.165, 1.54) is 28.0 Å². The van der Waals surface area contributed by atoms with E-state index in [0.29, 0.717) is 39.4 Å². The molecule has 8 nitrogen and oxygen atoms in total. The average Bonchev–Trinajstić information content (AvgIpc) is 3.64. The van der Waals surface area contributed by atoms with Crippen LogP contribution in [0.4, 0.5) is 19.6 Å². The minimum absolute atomic E-state index is 0.0121. The van der Waals surface area contributed by atoms with Crippen LogP contribution in [-0.2, 0) is 16.9 Å². The number of nitrogens with zero attached hydrogens (tertiary/aromatic N) is 3. The zero-order valence-electron chi connectivity index (χ0n) is 23.5. The van der Waals surface area contributed by atoms with Crippen molar-refractivity contribution >= 4 is 55.2 Å². The number of anilines is 2. The number of rotatable bonds is 5. The van der Waals surface area contributed by atoms with Crippen molar-refractivity contribution in [2.75, 3.05) is 16.4 Å². The highest BCUT2D eigenvalue weighted by Crippen LogP contribution is 2.55. The Kier molecular flexibility index (Phi) is 5.91. The third-order valence-electron chi connectivity index (χ3n) is 8.19. The number of carbonyl (C=O) groups is 2. The van der Waals surface area contributed by atoms with E-state index in [1.807, 2.05) is 6.92 Å². The first-order valence-corrected chi connectivity index (χ1v) is 14.9. The standard InChI is InChI=1S/C34H21F2N3O5S/c1-2-43-21-12-13-24-27(16-21)45-33(37-24)39-31(41)30-28(29(40)22-15-20(36)11-14-26(22)44-30)34(39)23-5-3-4-6-25(23)38(32(34)42)17-18-7-9-19(35)10-8-18/h3-16H,2,17H2,1H3. The Labute approximate surface area is 257 Å². The molecule has 1 spiro atoms. The van der Waals surface area contributed by atoms with E-state index in [4.69, 9.17) is 14.1 Å². The van der Waals surface area contributed by atoms with Gasteiger partial charge in [0.15, 0.2) is 16.1 Å². The fourth-order valence-corrected chi connectivity index (χ4v) is 7.35. The number of thiazole rings is 1. The third kappa shape index (κ3) is 3.80. The Morgan fingerprint density at radius 1 is 0.933 bits per heavy atom. The molecule has 6 aromatic rings. The molecule has 0 saturated heterocycles. The maximum Gasteiger partial charge on any atom is 0.297 e. The highest BCUT2D eigenvalue weighted by Gasteiger charge is 2.66. The van der Waals surface area contributed by atoms with E-state index in [0.717, 1.165) is 23.5 Å². The van der Waals surface area contributed by atoms with E-state index in [1.54, 1.807) is 54.6 Å².